The number of nitrogens with one attached hydrogen (secondary N) is 1. The van der Waals surface area contributed by atoms with Crippen molar-refractivity contribution in [2.75, 3.05) is 12.3 Å². The minimum Gasteiger partial charge on any atom is -0.399 e. The molecule has 0 atom stereocenters. The molecule has 2 rings (SSSR count). The third kappa shape index (κ3) is 3.23. The summed E-state index contributed by atoms with van der Waals surface area (Å²) in [4.78, 5) is -0.492. The molecule has 0 bridgehead atoms. The van der Waals surface area contributed by atoms with Crippen LogP contribution in [0.2, 0.25) is 0 Å². The summed E-state index contributed by atoms with van der Waals surface area (Å²) < 4.78 is 39.7. The van der Waals surface area contributed by atoms with E-state index in [1.807, 2.05) is 0 Å². The zero-order valence-electron chi connectivity index (χ0n) is 10.4. The van der Waals surface area contributed by atoms with Crippen molar-refractivity contribution >= 4 is 15.7 Å². The molecule has 1 aromatic carbocycles. The van der Waals surface area contributed by atoms with Crippen LogP contribution in [0.1, 0.15) is 25.7 Å². The van der Waals surface area contributed by atoms with Gasteiger partial charge in [-0.25, -0.2) is 17.5 Å². The van der Waals surface area contributed by atoms with Crippen LogP contribution in [0, 0.1) is 5.82 Å². The lowest BCUT2D eigenvalue weighted by atomic mass is 10.0. The molecule has 0 amide bonds. The number of anilines is 1. The lowest BCUT2D eigenvalue weighted by Crippen LogP contribution is -2.40. The molecule has 0 aliphatic heterocycles. The van der Waals surface area contributed by atoms with Crippen LogP contribution in [0.3, 0.4) is 0 Å². The Labute approximate surface area is 111 Å². The lowest BCUT2D eigenvalue weighted by Gasteiger charge is -2.22. The molecule has 1 aliphatic rings. The summed E-state index contributed by atoms with van der Waals surface area (Å²) in [6.45, 7) is -0.108. The van der Waals surface area contributed by atoms with E-state index >= 15 is 0 Å². The molecular weight excluding hydrogens is 271 g/mol. The van der Waals surface area contributed by atoms with Crippen LogP contribution < -0.4 is 10.5 Å². The van der Waals surface area contributed by atoms with Crippen LogP contribution in [0.4, 0.5) is 10.1 Å². The molecule has 4 N–H and O–H groups in total. The van der Waals surface area contributed by atoms with E-state index in [2.05, 4.69) is 4.72 Å². The SMILES string of the molecule is Nc1ccc(F)c(S(=O)(=O)NCC2(O)CCCC2)c1. The summed E-state index contributed by atoms with van der Waals surface area (Å²) in [6, 6.07) is 3.36. The summed E-state index contributed by atoms with van der Waals surface area (Å²) >= 11 is 0. The fraction of sp³-hybridized carbons (Fsp3) is 0.500. The van der Waals surface area contributed by atoms with Crippen molar-refractivity contribution in [3.8, 4) is 0 Å². The number of benzene rings is 1. The van der Waals surface area contributed by atoms with Crippen LogP contribution in [0.5, 0.6) is 0 Å². The number of aliphatic hydroxyl groups is 1. The van der Waals surface area contributed by atoms with E-state index in [4.69, 9.17) is 5.73 Å². The first kappa shape index (κ1) is 14.2. The molecule has 0 unspecified atom stereocenters. The van der Waals surface area contributed by atoms with Gasteiger partial charge in [-0.15, -0.1) is 0 Å². The van der Waals surface area contributed by atoms with Crippen molar-refractivity contribution in [1.29, 1.82) is 0 Å². The Hall–Kier alpha value is -1.18. The van der Waals surface area contributed by atoms with Gasteiger partial charge < -0.3 is 10.8 Å². The topological polar surface area (TPSA) is 92.4 Å². The molecule has 0 aromatic heterocycles. The van der Waals surface area contributed by atoms with Gasteiger partial charge in [-0.3, -0.25) is 0 Å². The highest BCUT2D eigenvalue weighted by atomic mass is 32.2. The van der Waals surface area contributed by atoms with Gasteiger partial charge in [0, 0.05) is 12.2 Å². The third-order valence-electron chi connectivity index (χ3n) is 3.37. The second kappa shape index (κ2) is 5.07. The molecule has 106 valence electrons. The monoisotopic (exact) mass is 288 g/mol. The van der Waals surface area contributed by atoms with E-state index in [0.29, 0.717) is 12.8 Å². The van der Waals surface area contributed by atoms with Crippen molar-refractivity contribution in [2.24, 2.45) is 0 Å². The highest BCUT2D eigenvalue weighted by Crippen LogP contribution is 2.29. The molecule has 0 spiro atoms. The maximum atomic E-state index is 13.5. The molecule has 1 aliphatic carbocycles. The average molecular weight is 288 g/mol. The standard InChI is InChI=1S/C12H17FN2O3S/c13-10-4-3-9(14)7-11(10)19(17,18)15-8-12(16)5-1-2-6-12/h3-4,7,15-16H,1-2,5-6,8,14H2. The molecule has 0 heterocycles. The van der Waals surface area contributed by atoms with Crippen molar-refractivity contribution < 1.29 is 17.9 Å². The van der Waals surface area contributed by atoms with Crippen molar-refractivity contribution in [3.63, 3.8) is 0 Å². The number of nitrogen functional groups attached to an aromatic ring is 1. The average Bonchev–Trinajstić information content (AvgIpc) is 2.78. The highest BCUT2D eigenvalue weighted by Gasteiger charge is 2.33. The van der Waals surface area contributed by atoms with Crippen molar-refractivity contribution in [3.05, 3.63) is 24.0 Å². The smallest absolute Gasteiger partial charge is 0.243 e. The van der Waals surface area contributed by atoms with Gasteiger partial charge >= 0.3 is 0 Å². The van der Waals surface area contributed by atoms with Crippen LogP contribution in [0.25, 0.3) is 0 Å². The molecule has 5 nitrogen and oxygen atoms in total. The van der Waals surface area contributed by atoms with E-state index in [1.165, 1.54) is 6.07 Å². The molecule has 1 aromatic rings. The van der Waals surface area contributed by atoms with E-state index in [1.54, 1.807) is 0 Å². The molecule has 1 saturated carbocycles. The molecule has 0 saturated heterocycles. The predicted octanol–water partition coefficient (Wildman–Crippen LogP) is 0.991. The maximum Gasteiger partial charge on any atom is 0.243 e. The van der Waals surface area contributed by atoms with Crippen molar-refractivity contribution in [2.45, 2.75) is 36.2 Å². The van der Waals surface area contributed by atoms with Crippen LogP contribution >= 0.6 is 0 Å². The Morgan fingerprint density at radius 1 is 1.37 bits per heavy atom. The van der Waals surface area contributed by atoms with Gasteiger partial charge in [0.15, 0.2) is 0 Å². The van der Waals surface area contributed by atoms with Gasteiger partial charge in [0.2, 0.25) is 10.0 Å². The summed E-state index contributed by atoms with van der Waals surface area (Å²) in [6.07, 6.45) is 2.83. The minimum absolute atomic E-state index is 0.108. The van der Waals surface area contributed by atoms with Crippen LogP contribution in [-0.2, 0) is 10.0 Å². The van der Waals surface area contributed by atoms with E-state index < -0.39 is 26.3 Å². The van der Waals surface area contributed by atoms with Gasteiger partial charge in [0.25, 0.3) is 0 Å². The number of hydrogen-bond donors (Lipinski definition) is 3. The second-order valence-electron chi connectivity index (χ2n) is 4.95. The van der Waals surface area contributed by atoms with Gasteiger partial charge in [-0.05, 0) is 31.0 Å². The summed E-state index contributed by atoms with van der Waals surface area (Å²) in [7, 11) is -4.00. The summed E-state index contributed by atoms with van der Waals surface area (Å²) in [5.41, 5.74) is 4.60. The van der Waals surface area contributed by atoms with E-state index in [0.717, 1.165) is 25.0 Å². The highest BCUT2D eigenvalue weighted by molar-refractivity contribution is 7.89. The zero-order chi connectivity index (χ0) is 14.1. The number of rotatable bonds is 4. The largest absolute Gasteiger partial charge is 0.399 e. The maximum absolute atomic E-state index is 13.5. The molecule has 0 radical (unpaired) electrons. The molecule has 1 fully saturated rings. The molecule has 7 heteroatoms. The van der Waals surface area contributed by atoms with Gasteiger partial charge in [-0.2, -0.15) is 0 Å². The van der Waals surface area contributed by atoms with E-state index in [9.17, 15) is 17.9 Å². The Kier molecular flexibility index (Phi) is 3.80. The second-order valence-corrected chi connectivity index (χ2v) is 6.68. The summed E-state index contributed by atoms with van der Waals surface area (Å²) in [5, 5.41) is 10.1. The number of hydrogen-bond acceptors (Lipinski definition) is 4. The Morgan fingerprint density at radius 2 is 2.00 bits per heavy atom. The van der Waals surface area contributed by atoms with Crippen LogP contribution in [0.15, 0.2) is 23.1 Å². The first-order chi connectivity index (χ1) is 8.82. The van der Waals surface area contributed by atoms with Crippen LogP contribution in [-0.4, -0.2) is 25.7 Å². The number of halogens is 1. The van der Waals surface area contributed by atoms with Gasteiger partial charge in [0.1, 0.15) is 10.7 Å². The van der Waals surface area contributed by atoms with Gasteiger partial charge in [0.05, 0.1) is 5.60 Å². The van der Waals surface area contributed by atoms with Gasteiger partial charge in [-0.1, -0.05) is 12.8 Å². The third-order valence-corrected chi connectivity index (χ3v) is 4.79. The Morgan fingerprint density at radius 3 is 2.63 bits per heavy atom. The first-order valence-electron chi connectivity index (χ1n) is 6.10. The Bertz CT molecular complexity index is 568. The zero-order valence-corrected chi connectivity index (χ0v) is 11.2. The fourth-order valence-corrected chi connectivity index (χ4v) is 3.47. The molecular formula is C12H17FN2O3S. The predicted molar refractivity (Wildman–Crippen MR) is 69.4 cm³/mol. The minimum atomic E-state index is -4.00. The van der Waals surface area contributed by atoms with E-state index in [-0.39, 0.29) is 12.2 Å². The van der Waals surface area contributed by atoms with Crippen molar-refractivity contribution in [1.82, 2.24) is 4.72 Å². The molecule has 19 heavy (non-hydrogen) atoms. The quantitative estimate of drug-likeness (QED) is 0.720. The first-order valence-corrected chi connectivity index (χ1v) is 7.58. The Balaban J connectivity index is 2.16. The number of sulfonamides is 1. The summed E-state index contributed by atoms with van der Waals surface area (Å²) in [5.74, 6) is -0.861. The fourth-order valence-electron chi connectivity index (χ4n) is 2.24. The lowest BCUT2D eigenvalue weighted by molar-refractivity contribution is 0.0531. The normalized spacial score (nSPS) is 18.6. The number of nitrogens with two attached hydrogens (primary N) is 1.